The Morgan fingerprint density at radius 3 is 2.56 bits per heavy atom. The minimum Gasteiger partial charge on any atom is -0.383 e. The van der Waals surface area contributed by atoms with Crippen molar-refractivity contribution >= 4 is 5.78 Å². The van der Waals surface area contributed by atoms with E-state index in [1.165, 1.54) is 24.3 Å². The third-order valence-electron chi connectivity index (χ3n) is 3.02. The van der Waals surface area contributed by atoms with Gasteiger partial charge in [0.05, 0.1) is 6.61 Å². The predicted molar refractivity (Wildman–Crippen MR) is 69.3 cm³/mol. The van der Waals surface area contributed by atoms with Crippen LogP contribution in [-0.4, -0.2) is 44.0 Å². The maximum atomic E-state index is 12.7. The molecule has 1 aromatic rings. The predicted octanol–water partition coefficient (Wildman–Crippen LogP) is 2.37. The van der Waals surface area contributed by atoms with Crippen molar-refractivity contribution in [2.24, 2.45) is 0 Å². The Hall–Kier alpha value is -1.26. The highest BCUT2D eigenvalue weighted by Gasteiger charge is 2.11. The first kappa shape index (κ1) is 14.8. The Labute approximate surface area is 108 Å². The van der Waals surface area contributed by atoms with Crippen LogP contribution in [0.1, 0.15) is 23.7 Å². The molecule has 3 nitrogen and oxygen atoms in total. The second kappa shape index (κ2) is 7.24. The van der Waals surface area contributed by atoms with E-state index < -0.39 is 0 Å². The molecule has 0 bridgehead atoms. The summed E-state index contributed by atoms with van der Waals surface area (Å²) in [7, 11) is 3.62. The Balaban J connectivity index is 2.43. The summed E-state index contributed by atoms with van der Waals surface area (Å²) in [5, 5.41) is 0. The lowest BCUT2D eigenvalue weighted by molar-refractivity contribution is 0.0916. The third kappa shape index (κ3) is 4.55. The molecular formula is C14H20FNO2. The topological polar surface area (TPSA) is 29.5 Å². The number of hydrogen-bond donors (Lipinski definition) is 0. The molecule has 0 saturated heterocycles. The number of likely N-dealkylation sites (N-methyl/N-ethyl adjacent to an activating group) is 1. The second-order valence-corrected chi connectivity index (χ2v) is 4.47. The zero-order valence-electron chi connectivity index (χ0n) is 11.1. The van der Waals surface area contributed by atoms with Gasteiger partial charge in [-0.15, -0.1) is 0 Å². The summed E-state index contributed by atoms with van der Waals surface area (Å²) in [6.45, 7) is 3.36. The van der Waals surface area contributed by atoms with Crippen LogP contribution in [-0.2, 0) is 4.74 Å². The first-order valence-electron chi connectivity index (χ1n) is 6.02. The van der Waals surface area contributed by atoms with Crippen LogP contribution in [0.5, 0.6) is 0 Å². The highest BCUT2D eigenvalue weighted by atomic mass is 19.1. The summed E-state index contributed by atoms with van der Waals surface area (Å²) >= 11 is 0. The molecule has 0 saturated carbocycles. The zero-order chi connectivity index (χ0) is 13.5. The maximum Gasteiger partial charge on any atom is 0.164 e. The lowest BCUT2D eigenvalue weighted by Crippen LogP contribution is -2.34. The van der Waals surface area contributed by atoms with Gasteiger partial charge in [-0.2, -0.15) is 0 Å². The molecule has 1 unspecified atom stereocenters. The summed E-state index contributed by atoms with van der Waals surface area (Å²) in [5.41, 5.74) is 0.559. The fraction of sp³-hybridized carbons (Fsp3) is 0.500. The first-order valence-corrected chi connectivity index (χ1v) is 6.02. The summed E-state index contributed by atoms with van der Waals surface area (Å²) in [6, 6.07) is 5.94. The number of rotatable bonds is 7. The number of carbonyl (C=O) groups is 1. The van der Waals surface area contributed by atoms with Gasteiger partial charge >= 0.3 is 0 Å². The number of Topliss-reactive ketones (excluding diaryl/α,β-unsaturated/α-hetero) is 1. The number of halogens is 1. The van der Waals surface area contributed by atoms with Gasteiger partial charge in [-0.05, 0) is 38.2 Å². The molecule has 0 aromatic heterocycles. The van der Waals surface area contributed by atoms with Crippen LogP contribution >= 0.6 is 0 Å². The van der Waals surface area contributed by atoms with Crippen molar-refractivity contribution in [3.8, 4) is 0 Å². The number of ketones is 1. The molecule has 0 amide bonds. The van der Waals surface area contributed by atoms with Gasteiger partial charge in [-0.25, -0.2) is 4.39 Å². The van der Waals surface area contributed by atoms with Crippen LogP contribution in [0.3, 0.4) is 0 Å². The van der Waals surface area contributed by atoms with Crippen molar-refractivity contribution in [3.63, 3.8) is 0 Å². The average molecular weight is 253 g/mol. The Kier molecular flexibility index (Phi) is 5.95. The van der Waals surface area contributed by atoms with Crippen LogP contribution in [0.4, 0.5) is 4.39 Å². The molecule has 1 aromatic carbocycles. The van der Waals surface area contributed by atoms with Crippen molar-refractivity contribution in [1.29, 1.82) is 0 Å². The van der Waals surface area contributed by atoms with Crippen LogP contribution in [0.15, 0.2) is 24.3 Å². The average Bonchev–Trinajstić information content (AvgIpc) is 2.36. The molecule has 0 aliphatic rings. The summed E-state index contributed by atoms with van der Waals surface area (Å²) in [6.07, 6.45) is 0.427. The Morgan fingerprint density at radius 2 is 2.00 bits per heavy atom. The SMILES string of the molecule is COCC(C)N(C)CCC(=O)c1ccc(F)cc1. The van der Waals surface area contributed by atoms with E-state index in [9.17, 15) is 9.18 Å². The van der Waals surface area contributed by atoms with E-state index in [-0.39, 0.29) is 17.6 Å². The number of methoxy groups -OCH3 is 1. The van der Waals surface area contributed by atoms with Crippen molar-refractivity contribution < 1.29 is 13.9 Å². The molecule has 0 fully saturated rings. The van der Waals surface area contributed by atoms with Gasteiger partial charge < -0.3 is 9.64 Å². The normalized spacial score (nSPS) is 12.7. The standard InChI is InChI=1S/C14H20FNO2/c1-11(10-18-3)16(2)9-8-14(17)12-4-6-13(15)7-5-12/h4-7,11H,8-10H2,1-3H3. The van der Waals surface area contributed by atoms with E-state index >= 15 is 0 Å². The minimum atomic E-state index is -0.322. The van der Waals surface area contributed by atoms with Gasteiger partial charge in [0.1, 0.15) is 5.82 Å². The van der Waals surface area contributed by atoms with Gasteiger partial charge in [0.25, 0.3) is 0 Å². The van der Waals surface area contributed by atoms with Crippen molar-refractivity contribution in [2.75, 3.05) is 27.3 Å². The molecule has 1 atom stereocenters. The quantitative estimate of drug-likeness (QED) is 0.699. The third-order valence-corrected chi connectivity index (χ3v) is 3.02. The van der Waals surface area contributed by atoms with E-state index in [4.69, 9.17) is 4.74 Å². The maximum absolute atomic E-state index is 12.7. The number of ether oxygens (including phenoxy) is 1. The second-order valence-electron chi connectivity index (χ2n) is 4.47. The van der Waals surface area contributed by atoms with E-state index in [1.807, 2.05) is 14.0 Å². The van der Waals surface area contributed by atoms with Crippen LogP contribution in [0.25, 0.3) is 0 Å². The van der Waals surface area contributed by atoms with Gasteiger partial charge in [0.15, 0.2) is 5.78 Å². The number of carbonyl (C=O) groups excluding carboxylic acids is 1. The molecule has 0 aliphatic carbocycles. The van der Waals surface area contributed by atoms with Crippen molar-refractivity contribution in [1.82, 2.24) is 4.90 Å². The molecule has 1 rings (SSSR count). The fourth-order valence-corrected chi connectivity index (χ4v) is 1.65. The molecule has 100 valence electrons. The molecule has 0 radical (unpaired) electrons. The first-order chi connectivity index (χ1) is 8.54. The highest BCUT2D eigenvalue weighted by molar-refractivity contribution is 5.96. The van der Waals surface area contributed by atoms with E-state index in [1.54, 1.807) is 7.11 Å². The minimum absolute atomic E-state index is 0.0338. The molecule has 0 aliphatic heterocycles. The van der Waals surface area contributed by atoms with Gasteiger partial charge in [0, 0.05) is 31.7 Å². The lowest BCUT2D eigenvalue weighted by Gasteiger charge is -2.23. The largest absolute Gasteiger partial charge is 0.383 e. The summed E-state index contributed by atoms with van der Waals surface area (Å²) in [5.74, 6) is -0.288. The Bertz CT molecular complexity index is 378. The lowest BCUT2D eigenvalue weighted by atomic mass is 10.1. The molecule has 4 heteroatoms. The van der Waals surface area contributed by atoms with Crippen LogP contribution in [0, 0.1) is 5.82 Å². The smallest absolute Gasteiger partial charge is 0.164 e. The van der Waals surface area contributed by atoms with Crippen LogP contribution in [0.2, 0.25) is 0 Å². The van der Waals surface area contributed by atoms with Crippen LogP contribution < -0.4 is 0 Å². The van der Waals surface area contributed by atoms with Gasteiger partial charge in [-0.1, -0.05) is 0 Å². The summed E-state index contributed by atoms with van der Waals surface area (Å²) in [4.78, 5) is 13.9. The highest BCUT2D eigenvalue weighted by Crippen LogP contribution is 2.07. The fourth-order valence-electron chi connectivity index (χ4n) is 1.65. The van der Waals surface area contributed by atoms with E-state index in [0.717, 1.165) is 0 Å². The van der Waals surface area contributed by atoms with Crippen molar-refractivity contribution in [3.05, 3.63) is 35.6 Å². The van der Waals surface area contributed by atoms with E-state index in [0.29, 0.717) is 25.1 Å². The molecule has 18 heavy (non-hydrogen) atoms. The number of hydrogen-bond acceptors (Lipinski definition) is 3. The molecular weight excluding hydrogens is 233 g/mol. The molecule has 0 heterocycles. The monoisotopic (exact) mass is 253 g/mol. The number of nitrogens with zero attached hydrogens (tertiary/aromatic N) is 1. The van der Waals surface area contributed by atoms with Crippen molar-refractivity contribution in [2.45, 2.75) is 19.4 Å². The van der Waals surface area contributed by atoms with E-state index in [2.05, 4.69) is 4.90 Å². The molecule has 0 spiro atoms. The molecule has 0 N–H and O–H groups in total. The Morgan fingerprint density at radius 1 is 1.39 bits per heavy atom. The van der Waals surface area contributed by atoms with Gasteiger partial charge in [0.2, 0.25) is 0 Å². The number of benzene rings is 1. The zero-order valence-corrected chi connectivity index (χ0v) is 11.1. The van der Waals surface area contributed by atoms with Gasteiger partial charge in [-0.3, -0.25) is 4.79 Å². The summed E-state index contributed by atoms with van der Waals surface area (Å²) < 4.78 is 17.8.